The molecule has 0 saturated heterocycles. The highest BCUT2D eigenvalue weighted by atomic mass is 79.9. The lowest BCUT2D eigenvalue weighted by Gasteiger charge is -2.60. The van der Waals surface area contributed by atoms with E-state index in [-0.39, 0.29) is 52.5 Å². The highest BCUT2D eigenvalue weighted by Gasteiger charge is 2.70. The largest absolute Gasteiger partial charge is 0.450 e. The summed E-state index contributed by atoms with van der Waals surface area (Å²) in [6.07, 6.45) is 6.39. The zero-order valence-electron chi connectivity index (χ0n) is 18.2. The quantitative estimate of drug-likeness (QED) is 0.482. The molecular weight excluding hydrogens is 448 g/mol. The van der Waals surface area contributed by atoms with E-state index in [1.54, 1.807) is 6.92 Å². The molecule has 1 N–H and O–H groups in total. The average molecular weight is 481 g/mol. The molecule has 4 rings (SSSR count). The fraction of sp³-hybridized carbons (Fsp3) is 0.792. The number of carbonyl (C=O) groups excluding carboxylic acids is 3. The molecule has 1 unspecified atom stereocenters. The van der Waals surface area contributed by atoms with Crippen LogP contribution in [-0.2, 0) is 19.1 Å². The molecule has 0 radical (unpaired) electrons. The highest BCUT2D eigenvalue weighted by Crippen LogP contribution is 2.68. The van der Waals surface area contributed by atoms with Crippen LogP contribution in [0.3, 0.4) is 0 Å². The van der Waals surface area contributed by atoms with E-state index in [1.165, 1.54) is 5.57 Å². The van der Waals surface area contributed by atoms with Gasteiger partial charge in [0.25, 0.3) is 0 Å². The molecular formula is C24H33BrO5. The first-order valence-electron chi connectivity index (χ1n) is 11.4. The second-order valence-corrected chi connectivity index (χ2v) is 10.9. The monoisotopic (exact) mass is 480 g/mol. The maximum absolute atomic E-state index is 13.2. The number of carbonyl (C=O) groups is 3. The van der Waals surface area contributed by atoms with Gasteiger partial charge in [0, 0.05) is 18.3 Å². The van der Waals surface area contributed by atoms with Crippen molar-refractivity contribution in [1.82, 2.24) is 0 Å². The summed E-state index contributed by atoms with van der Waals surface area (Å²) in [4.78, 5) is 37.6. The molecule has 0 amide bonds. The Labute approximate surface area is 187 Å². The fourth-order valence-electron chi connectivity index (χ4n) is 7.73. The number of allylic oxidation sites excluding steroid dienone is 1. The number of hydrogen-bond donors (Lipinski definition) is 1. The molecule has 0 aromatic rings. The number of alkyl halides is 1. The lowest BCUT2D eigenvalue weighted by Crippen LogP contribution is -2.63. The molecule has 3 saturated carbocycles. The molecule has 0 aliphatic heterocycles. The molecule has 0 bridgehead atoms. The van der Waals surface area contributed by atoms with Crippen molar-refractivity contribution in [3.8, 4) is 0 Å². The van der Waals surface area contributed by atoms with Gasteiger partial charge in [0.05, 0.1) is 11.4 Å². The smallest absolute Gasteiger partial charge is 0.306 e. The lowest BCUT2D eigenvalue weighted by molar-refractivity contribution is -0.199. The number of Topliss-reactive ketones (excluding diaryl/α,β-unsaturated/α-hetero) is 1. The molecule has 4 aliphatic carbocycles. The Hall–Kier alpha value is -1.01. The summed E-state index contributed by atoms with van der Waals surface area (Å²) in [5.41, 5.74) is -0.714. The Morgan fingerprint density at radius 2 is 1.97 bits per heavy atom. The van der Waals surface area contributed by atoms with E-state index < -0.39 is 17.1 Å². The van der Waals surface area contributed by atoms with Gasteiger partial charge >= 0.3 is 5.97 Å². The zero-order chi connectivity index (χ0) is 21.9. The van der Waals surface area contributed by atoms with Gasteiger partial charge in [-0.25, -0.2) is 0 Å². The number of rotatable bonds is 4. The second-order valence-electron chi connectivity index (χ2n) is 10.3. The van der Waals surface area contributed by atoms with Crippen LogP contribution in [0.1, 0.15) is 72.1 Å². The first kappa shape index (κ1) is 22.2. The molecule has 0 heterocycles. The van der Waals surface area contributed by atoms with Gasteiger partial charge in [-0.1, -0.05) is 42.3 Å². The second kappa shape index (κ2) is 7.54. The van der Waals surface area contributed by atoms with E-state index in [2.05, 4.69) is 29.8 Å². The van der Waals surface area contributed by atoms with Crippen molar-refractivity contribution in [2.24, 2.45) is 28.6 Å². The van der Waals surface area contributed by atoms with E-state index in [0.717, 1.165) is 25.7 Å². The number of aliphatic hydroxyl groups is 1. The minimum Gasteiger partial charge on any atom is -0.450 e. The summed E-state index contributed by atoms with van der Waals surface area (Å²) >= 11 is 3.31. The van der Waals surface area contributed by atoms with Crippen molar-refractivity contribution < 1.29 is 24.2 Å². The normalized spacial score (nSPS) is 45.1. The van der Waals surface area contributed by atoms with Crippen LogP contribution in [0.5, 0.6) is 0 Å². The van der Waals surface area contributed by atoms with Gasteiger partial charge in [0.15, 0.2) is 17.2 Å². The molecule has 5 nitrogen and oxygen atoms in total. The van der Waals surface area contributed by atoms with Gasteiger partial charge in [-0.05, 0) is 67.8 Å². The number of ketones is 2. The van der Waals surface area contributed by atoms with E-state index in [1.807, 2.05) is 6.08 Å². The average Bonchev–Trinajstić information content (AvgIpc) is 3.00. The SMILES string of the molecule is CCC(=O)O[C@]1(C(=O)CBr)CC[C@H]2[C@@H]3CCC4=CC(=O)CC[C@]4(C)[C@H]3C(O)C[C@@]21C. The Kier molecular flexibility index (Phi) is 5.58. The number of fused-ring (bicyclic) bond motifs is 5. The van der Waals surface area contributed by atoms with Crippen LogP contribution in [0, 0.1) is 28.6 Å². The molecule has 166 valence electrons. The third-order valence-corrected chi connectivity index (χ3v) is 9.67. The molecule has 30 heavy (non-hydrogen) atoms. The van der Waals surface area contributed by atoms with E-state index in [4.69, 9.17) is 4.74 Å². The van der Waals surface area contributed by atoms with Gasteiger partial charge in [-0.3, -0.25) is 14.4 Å². The third-order valence-electron chi connectivity index (χ3n) is 9.16. The molecule has 4 aliphatic rings. The Morgan fingerprint density at radius 1 is 1.23 bits per heavy atom. The summed E-state index contributed by atoms with van der Waals surface area (Å²) in [6, 6.07) is 0. The highest BCUT2D eigenvalue weighted by molar-refractivity contribution is 9.09. The Morgan fingerprint density at radius 3 is 2.63 bits per heavy atom. The standard InChI is InChI=1S/C24H33BrO5/c1-4-20(29)30-24(19(28)13-25)10-8-17-16-6-5-14-11-15(26)7-9-22(14,2)21(16)18(27)12-23(17,24)3/h11,16-18,21,27H,4-10,12-13H2,1-3H3/t16-,17-,18?,21+,22-,23-,24-/m0/s1. The zero-order valence-corrected chi connectivity index (χ0v) is 19.8. The summed E-state index contributed by atoms with van der Waals surface area (Å²) < 4.78 is 5.96. The van der Waals surface area contributed by atoms with Gasteiger partial charge in [-0.2, -0.15) is 0 Å². The van der Waals surface area contributed by atoms with E-state index >= 15 is 0 Å². The van der Waals surface area contributed by atoms with E-state index in [9.17, 15) is 19.5 Å². The van der Waals surface area contributed by atoms with Crippen molar-refractivity contribution in [2.75, 3.05) is 5.33 Å². The van der Waals surface area contributed by atoms with Crippen LogP contribution in [-0.4, -0.2) is 39.7 Å². The molecule has 0 aromatic carbocycles. The van der Waals surface area contributed by atoms with Gasteiger partial charge in [0.1, 0.15) is 0 Å². The maximum Gasteiger partial charge on any atom is 0.306 e. The van der Waals surface area contributed by atoms with Crippen molar-refractivity contribution in [3.63, 3.8) is 0 Å². The summed E-state index contributed by atoms with van der Waals surface area (Å²) in [7, 11) is 0. The van der Waals surface area contributed by atoms with Crippen LogP contribution in [0.15, 0.2) is 11.6 Å². The number of aliphatic hydroxyl groups excluding tert-OH is 1. The number of esters is 1. The fourth-order valence-corrected chi connectivity index (χ4v) is 8.19. The molecule has 6 heteroatoms. The molecule has 0 aromatic heterocycles. The number of halogens is 1. The number of hydrogen-bond acceptors (Lipinski definition) is 5. The van der Waals surface area contributed by atoms with Crippen molar-refractivity contribution in [3.05, 3.63) is 11.6 Å². The number of ether oxygens (including phenoxy) is 1. The summed E-state index contributed by atoms with van der Waals surface area (Å²) in [5, 5.41) is 11.6. The van der Waals surface area contributed by atoms with Gasteiger partial charge in [-0.15, -0.1) is 0 Å². The molecule has 0 spiro atoms. The first-order valence-corrected chi connectivity index (χ1v) is 12.5. The predicted octanol–water partition coefficient (Wildman–Crippen LogP) is 4.15. The minimum absolute atomic E-state index is 0.0837. The van der Waals surface area contributed by atoms with E-state index in [0.29, 0.717) is 19.3 Å². The van der Waals surface area contributed by atoms with Crippen LogP contribution >= 0.6 is 15.9 Å². The van der Waals surface area contributed by atoms with Crippen molar-refractivity contribution in [2.45, 2.75) is 83.8 Å². The van der Waals surface area contributed by atoms with Crippen molar-refractivity contribution >= 4 is 33.5 Å². The van der Waals surface area contributed by atoms with Crippen LogP contribution in [0.2, 0.25) is 0 Å². The molecule has 3 fully saturated rings. The third kappa shape index (κ3) is 2.92. The van der Waals surface area contributed by atoms with Gasteiger partial charge < -0.3 is 9.84 Å². The van der Waals surface area contributed by atoms with Crippen LogP contribution in [0.4, 0.5) is 0 Å². The summed E-state index contributed by atoms with van der Waals surface area (Å²) in [6.45, 7) is 6.03. The lowest BCUT2D eigenvalue weighted by atomic mass is 9.45. The Balaban J connectivity index is 1.75. The topological polar surface area (TPSA) is 80.7 Å². The predicted molar refractivity (Wildman–Crippen MR) is 116 cm³/mol. The minimum atomic E-state index is -1.17. The van der Waals surface area contributed by atoms with Crippen LogP contribution < -0.4 is 0 Å². The maximum atomic E-state index is 13.2. The summed E-state index contributed by atoms with van der Waals surface area (Å²) in [5.74, 6) is 0.319. The van der Waals surface area contributed by atoms with Crippen LogP contribution in [0.25, 0.3) is 0 Å². The molecule has 7 atom stereocenters. The first-order chi connectivity index (χ1) is 14.1. The van der Waals surface area contributed by atoms with Crippen molar-refractivity contribution in [1.29, 1.82) is 0 Å². The van der Waals surface area contributed by atoms with Gasteiger partial charge in [0.2, 0.25) is 0 Å². The Bertz CT molecular complexity index is 805.